The second-order valence-corrected chi connectivity index (χ2v) is 13.4. The molecular formula is C31H37Cl2N3O4S. The van der Waals surface area contributed by atoms with E-state index in [2.05, 4.69) is 5.32 Å². The largest absolute Gasteiger partial charge is 0.354 e. The highest BCUT2D eigenvalue weighted by atomic mass is 35.5. The molecule has 3 aromatic carbocycles. The van der Waals surface area contributed by atoms with Crippen LogP contribution in [0.1, 0.15) is 43.0 Å². The third kappa shape index (κ3) is 8.24. The van der Waals surface area contributed by atoms with Crippen LogP contribution < -0.4 is 9.62 Å². The van der Waals surface area contributed by atoms with Crippen molar-refractivity contribution < 1.29 is 18.0 Å². The molecule has 3 aromatic rings. The Morgan fingerprint density at radius 2 is 1.49 bits per heavy atom. The van der Waals surface area contributed by atoms with Crippen LogP contribution in [0.4, 0.5) is 5.69 Å². The third-order valence-electron chi connectivity index (χ3n) is 6.71. The standard InChI is InChI=1S/C31H37Cl2N3O4S/c1-20(2)17-34-31(38)24(6)35(18-25-11-14-27(32)28(33)16-25)30(37)19-36(29-15-22(4)7-10-23(29)5)41(39,40)26-12-8-21(3)9-13-26/h7-16,20,24H,17-19H2,1-6H3,(H,34,38). The van der Waals surface area contributed by atoms with E-state index in [1.807, 2.05) is 39.8 Å². The van der Waals surface area contributed by atoms with Gasteiger partial charge in [-0.15, -0.1) is 0 Å². The maximum atomic E-state index is 14.1. The van der Waals surface area contributed by atoms with Crippen molar-refractivity contribution in [1.82, 2.24) is 10.2 Å². The summed E-state index contributed by atoms with van der Waals surface area (Å²) < 4.78 is 29.2. The van der Waals surface area contributed by atoms with Crippen molar-refractivity contribution in [3.63, 3.8) is 0 Å². The number of nitrogens with one attached hydrogen (secondary N) is 1. The molecule has 0 bridgehead atoms. The lowest BCUT2D eigenvalue weighted by Crippen LogP contribution is -2.51. The van der Waals surface area contributed by atoms with Gasteiger partial charge in [0.25, 0.3) is 10.0 Å². The smallest absolute Gasteiger partial charge is 0.264 e. The van der Waals surface area contributed by atoms with E-state index in [-0.39, 0.29) is 23.3 Å². The topological polar surface area (TPSA) is 86.8 Å². The summed E-state index contributed by atoms with van der Waals surface area (Å²) in [5.41, 5.74) is 3.49. The van der Waals surface area contributed by atoms with Crippen LogP contribution in [0.5, 0.6) is 0 Å². The minimum absolute atomic E-state index is 0.0250. The number of carbonyl (C=O) groups excluding carboxylic acids is 2. The lowest BCUT2D eigenvalue weighted by atomic mass is 10.1. The highest BCUT2D eigenvalue weighted by molar-refractivity contribution is 7.92. The van der Waals surface area contributed by atoms with Gasteiger partial charge in [0.15, 0.2) is 0 Å². The van der Waals surface area contributed by atoms with Gasteiger partial charge in [-0.05, 0) is 80.6 Å². The molecule has 1 atom stereocenters. The Morgan fingerprint density at radius 3 is 2.10 bits per heavy atom. The van der Waals surface area contributed by atoms with Gasteiger partial charge in [0.05, 0.1) is 20.6 Å². The molecule has 0 aliphatic rings. The molecule has 7 nitrogen and oxygen atoms in total. The molecule has 0 radical (unpaired) electrons. The van der Waals surface area contributed by atoms with Crippen molar-refractivity contribution in [2.75, 3.05) is 17.4 Å². The summed E-state index contributed by atoms with van der Waals surface area (Å²) in [6.45, 7) is 11.1. The summed E-state index contributed by atoms with van der Waals surface area (Å²) in [7, 11) is -4.14. The molecule has 0 aromatic heterocycles. The summed E-state index contributed by atoms with van der Waals surface area (Å²) in [6.07, 6.45) is 0. The number of amides is 2. The van der Waals surface area contributed by atoms with Crippen molar-refractivity contribution in [2.24, 2.45) is 5.92 Å². The van der Waals surface area contributed by atoms with E-state index in [1.54, 1.807) is 50.2 Å². The van der Waals surface area contributed by atoms with Gasteiger partial charge in [-0.25, -0.2) is 8.42 Å². The van der Waals surface area contributed by atoms with Crippen LogP contribution >= 0.6 is 23.2 Å². The predicted octanol–water partition coefficient (Wildman–Crippen LogP) is 6.30. The summed E-state index contributed by atoms with van der Waals surface area (Å²) in [5, 5.41) is 3.55. The summed E-state index contributed by atoms with van der Waals surface area (Å²) in [6, 6.07) is 16.0. The quantitative estimate of drug-likeness (QED) is 0.273. The minimum Gasteiger partial charge on any atom is -0.354 e. The van der Waals surface area contributed by atoms with Gasteiger partial charge < -0.3 is 10.2 Å². The normalized spacial score (nSPS) is 12.2. The van der Waals surface area contributed by atoms with Crippen molar-refractivity contribution in [3.8, 4) is 0 Å². The Bertz CT molecular complexity index is 1510. The number of benzene rings is 3. The van der Waals surface area contributed by atoms with Crippen molar-refractivity contribution in [3.05, 3.63) is 93.0 Å². The molecule has 2 amide bonds. The van der Waals surface area contributed by atoms with Crippen LogP contribution in [0.25, 0.3) is 0 Å². The van der Waals surface area contributed by atoms with Crippen LogP contribution in [0, 0.1) is 26.7 Å². The van der Waals surface area contributed by atoms with Crippen LogP contribution in [-0.2, 0) is 26.2 Å². The Kier molecular flexibility index (Phi) is 10.9. The molecule has 0 aliphatic heterocycles. The Balaban J connectivity index is 2.07. The van der Waals surface area contributed by atoms with Crippen LogP contribution in [0.15, 0.2) is 65.6 Å². The zero-order chi connectivity index (χ0) is 30.5. The fourth-order valence-electron chi connectivity index (χ4n) is 4.21. The molecule has 3 rings (SSSR count). The first kappa shape index (κ1) is 32.4. The number of hydrogen-bond acceptors (Lipinski definition) is 4. The molecule has 0 saturated carbocycles. The number of aryl methyl sites for hydroxylation is 3. The third-order valence-corrected chi connectivity index (χ3v) is 9.22. The van der Waals surface area contributed by atoms with Gasteiger partial charge in [-0.2, -0.15) is 0 Å². The number of halogens is 2. The zero-order valence-corrected chi connectivity index (χ0v) is 26.6. The molecular weight excluding hydrogens is 581 g/mol. The minimum atomic E-state index is -4.14. The number of hydrogen-bond donors (Lipinski definition) is 1. The highest BCUT2D eigenvalue weighted by Crippen LogP contribution is 2.29. The van der Waals surface area contributed by atoms with Gasteiger partial charge in [0.2, 0.25) is 11.8 Å². The summed E-state index contributed by atoms with van der Waals surface area (Å²) in [5.74, 6) is -0.670. The maximum absolute atomic E-state index is 14.1. The lowest BCUT2D eigenvalue weighted by molar-refractivity contribution is -0.139. The van der Waals surface area contributed by atoms with Gasteiger partial charge in [-0.1, -0.05) is 72.9 Å². The molecule has 10 heteroatoms. The van der Waals surface area contributed by atoms with E-state index in [0.29, 0.717) is 33.4 Å². The van der Waals surface area contributed by atoms with Gasteiger partial charge in [0.1, 0.15) is 12.6 Å². The van der Waals surface area contributed by atoms with Crippen LogP contribution in [-0.4, -0.2) is 44.3 Å². The molecule has 0 heterocycles. The van der Waals surface area contributed by atoms with Crippen molar-refractivity contribution in [1.29, 1.82) is 0 Å². The number of anilines is 1. The Hall–Kier alpha value is -3.07. The molecule has 220 valence electrons. The Morgan fingerprint density at radius 1 is 0.854 bits per heavy atom. The lowest BCUT2D eigenvalue weighted by Gasteiger charge is -2.32. The maximum Gasteiger partial charge on any atom is 0.264 e. The molecule has 1 N–H and O–H groups in total. The summed E-state index contributed by atoms with van der Waals surface area (Å²) in [4.78, 5) is 28.6. The van der Waals surface area contributed by atoms with Crippen LogP contribution in [0.3, 0.4) is 0 Å². The molecule has 0 fully saturated rings. The van der Waals surface area contributed by atoms with E-state index in [9.17, 15) is 18.0 Å². The average Bonchev–Trinajstić information content (AvgIpc) is 2.92. The van der Waals surface area contributed by atoms with Crippen molar-refractivity contribution in [2.45, 2.75) is 59.0 Å². The number of sulfonamides is 1. The molecule has 0 aliphatic carbocycles. The predicted molar refractivity (Wildman–Crippen MR) is 166 cm³/mol. The molecule has 0 saturated heterocycles. The fraction of sp³-hybridized carbons (Fsp3) is 0.355. The van der Waals surface area contributed by atoms with Gasteiger partial charge >= 0.3 is 0 Å². The molecule has 1 unspecified atom stereocenters. The van der Waals surface area contributed by atoms with E-state index in [4.69, 9.17) is 23.2 Å². The van der Waals surface area contributed by atoms with E-state index in [0.717, 1.165) is 15.4 Å². The zero-order valence-electron chi connectivity index (χ0n) is 24.2. The SMILES string of the molecule is Cc1ccc(S(=O)(=O)N(CC(=O)N(Cc2ccc(Cl)c(Cl)c2)C(C)C(=O)NCC(C)C)c2cc(C)ccc2C)cc1. The van der Waals surface area contributed by atoms with E-state index in [1.165, 1.54) is 17.0 Å². The number of carbonyl (C=O) groups is 2. The number of rotatable bonds is 11. The van der Waals surface area contributed by atoms with Gasteiger partial charge in [-0.3, -0.25) is 13.9 Å². The van der Waals surface area contributed by atoms with E-state index < -0.39 is 28.5 Å². The van der Waals surface area contributed by atoms with E-state index >= 15 is 0 Å². The van der Waals surface area contributed by atoms with Crippen LogP contribution in [0.2, 0.25) is 10.0 Å². The second kappa shape index (κ2) is 13.7. The first-order chi connectivity index (χ1) is 19.2. The monoisotopic (exact) mass is 617 g/mol. The molecule has 41 heavy (non-hydrogen) atoms. The first-order valence-electron chi connectivity index (χ1n) is 13.4. The molecule has 0 spiro atoms. The second-order valence-electron chi connectivity index (χ2n) is 10.7. The summed E-state index contributed by atoms with van der Waals surface area (Å²) >= 11 is 12.3. The Labute approximate surface area is 253 Å². The fourth-order valence-corrected chi connectivity index (χ4v) is 6.00. The average molecular weight is 619 g/mol. The number of nitrogens with zero attached hydrogens (tertiary/aromatic N) is 2. The van der Waals surface area contributed by atoms with Crippen molar-refractivity contribution >= 4 is 50.7 Å². The first-order valence-corrected chi connectivity index (χ1v) is 15.6. The van der Waals surface area contributed by atoms with Gasteiger partial charge in [0, 0.05) is 13.1 Å². The highest BCUT2D eigenvalue weighted by Gasteiger charge is 2.33.